The van der Waals surface area contributed by atoms with Gasteiger partial charge in [0.1, 0.15) is 11.5 Å². The molecule has 0 aliphatic rings. The van der Waals surface area contributed by atoms with Gasteiger partial charge in [-0.05, 0) is 24.3 Å². The zero-order chi connectivity index (χ0) is 20.5. The molecule has 0 aliphatic carbocycles. The Balaban J connectivity index is 1.84. The van der Waals surface area contributed by atoms with E-state index in [0.29, 0.717) is 17.1 Å². The summed E-state index contributed by atoms with van der Waals surface area (Å²) >= 11 is 0. The fraction of sp³-hybridized carbons (Fsp3) is 0.111. The fourth-order valence-corrected chi connectivity index (χ4v) is 3.16. The van der Waals surface area contributed by atoms with Crippen LogP contribution in [0.4, 0.5) is 20.2 Å². The van der Waals surface area contributed by atoms with Gasteiger partial charge in [-0.1, -0.05) is 6.07 Å². The molecule has 3 aromatic rings. The van der Waals surface area contributed by atoms with Gasteiger partial charge in [0.25, 0.3) is 5.91 Å². The third-order valence-electron chi connectivity index (χ3n) is 3.74. The van der Waals surface area contributed by atoms with Crippen LogP contribution in [0.25, 0.3) is 11.4 Å². The van der Waals surface area contributed by atoms with Crippen LogP contribution in [0.3, 0.4) is 0 Å². The standard InChI is InChI=1S/C18H16F2N4O3S/c1-24-10-11(6-16(24)17-15(20)7-12(19)9-21-17)18(25)22-13-4-3-5-14(8-13)23-28(2,26)27/h3-10,23H,1-2H3,(H,22,25). The maximum Gasteiger partial charge on any atom is 0.257 e. The van der Waals surface area contributed by atoms with Crippen LogP contribution in [0, 0.1) is 11.6 Å². The number of amides is 1. The normalized spacial score (nSPS) is 11.3. The monoisotopic (exact) mass is 406 g/mol. The molecular formula is C18H16F2N4O3S. The Morgan fingerprint density at radius 1 is 1.14 bits per heavy atom. The number of rotatable bonds is 5. The third kappa shape index (κ3) is 4.52. The van der Waals surface area contributed by atoms with Gasteiger partial charge in [0.2, 0.25) is 10.0 Å². The molecule has 0 aliphatic heterocycles. The SMILES string of the molecule is Cn1cc(C(=O)Nc2cccc(NS(C)(=O)=O)c2)cc1-c1ncc(F)cc1F. The van der Waals surface area contributed by atoms with E-state index < -0.39 is 27.6 Å². The van der Waals surface area contributed by atoms with E-state index in [2.05, 4.69) is 15.0 Å². The molecule has 0 fully saturated rings. The molecule has 7 nitrogen and oxygen atoms in total. The molecule has 0 saturated carbocycles. The summed E-state index contributed by atoms with van der Waals surface area (Å²) < 4.78 is 53.5. The Labute approximate surface area is 160 Å². The van der Waals surface area contributed by atoms with Crippen molar-refractivity contribution in [1.29, 1.82) is 0 Å². The predicted octanol–water partition coefficient (Wildman–Crippen LogP) is 2.99. The number of nitrogens with one attached hydrogen (secondary N) is 2. The number of sulfonamides is 1. The van der Waals surface area contributed by atoms with Crippen LogP contribution in [0.1, 0.15) is 10.4 Å². The van der Waals surface area contributed by atoms with E-state index in [1.165, 1.54) is 22.9 Å². The van der Waals surface area contributed by atoms with E-state index >= 15 is 0 Å². The van der Waals surface area contributed by atoms with E-state index in [9.17, 15) is 22.0 Å². The smallest absolute Gasteiger partial charge is 0.257 e. The van der Waals surface area contributed by atoms with Crippen LogP contribution in [0.15, 0.2) is 48.8 Å². The number of aromatic nitrogens is 2. The van der Waals surface area contributed by atoms with Crippen molar-refractivity contribution in [1.82, 2.24) is 9.55 Å². The van der Waals surface area contributed by atoms with Gasteiger partial charge >= 0.3 is 0 Å². The molecule has 146 valence electrons. The van der Waals surface area contributed by atoms with Crippen LogP contribution in [0.5, 0.6) is 0 Å². The van der Waals surface area contributed by atoms with E-state index in [-0.39, 0.29) is 11.3 Å². The Bertz CT molecular complexity index is 1160. The first-order valence-electron chi connectivity index (χ1n) is 7.99. The number of carbonyl (C=O) groups excluding carboxylic acids is 1. The molecule has 2 aromatic heterocycles. The lowest BCUT2D eigenvalue weighted by Gasteiger charge is -2.07. The minimum atomic E-state index is -3.45. The molecule has 0 radical (unpaired) electrons. The molecule has 0 unspecified atom stereocenters. The maximum absolute atomic E-state index is 14.0. The molecule has 28 heavy (non-hydrogen) atoms. The summed E-state index contributed by atoms with van der Waals surface area (Å²) in [5.74, 6) is -2.12. The highest BCUT2D eigenvalue weighted by Gasteiger charge is 2.16. The van der Waals surface area contributed by atoms with Crippen LogP contribution in [-0.2, 0) is 17.1 Å². The number of benzene rings is 1. The first-order valence-corrected chi connectivity index (χ1v) is 9.88. The van der Waals surface area contributed by atoms with Gasteiger partial charge in [0, 0.05) is 25.0 Å². The number of halogens is 2. The quantitative estimate of drug-likeness (QED) is 0.681. The average molecular weight is 406 g/mol. The number of hydrogen-bond acceptors (Lipinski definition) is 4. The van der Waals surface area contributed by atoms with E-state index in [0.717, 1.165) is 18.5 Å². The van der Waals surface area contributed by atoms with Gasteiger partial charge in [0.15, 0.2) is 5.82 Å². The molecule has 0 spiro atoms. The van der Waals surface area contributed by atoms with Crippen LogP contribution in [-0.4, -0.2) is 30.1 Å². The predicted molar refractivity (Wildman–Crippen MR) is 101 cm³/mol. The van der Waals surface area contributed by atoms with Crippen molar-refractivity contribution in [3.05, 3.63) is 66.0 Å². The highest BCUT2D eigenvalue weighted by molar-refractivity contribution is 7.92. The summed E-state index contributed by atoms with van der Waals surface area (Å²) in [6.07, 6.45) is 3.39. The number of carbonyl (C=O) groups is 1. The molecule has 2 N–H and O–H groups in total. The fourth-order valence-electron chi connectivity index (χ4n) is 2.60. The van der Waals surface area contributed by atoms with Crippen molar-refractivity contribution >= 4 is 27.3 Å². The maximum atomic E-state index is 14.0. The molecule has 0 saturated heterocycles. The number of hydrogen-bond donors (Lipinski definition) is 2. The van der Waals surface area contributed by atoms with E-state index in [1.54, 1.807) is 25.2 Å². The zero-order valence-electron chi connectivity index (χ0n) is 14.9. The summed E-state index contributed by atoms with van der Waals surface area (Å²) in [6.45, 7) is 0. The molecular weight excluding hydrogens is 390 g/mol. The Morgan fingerprint density at radius 3 is 2.54 bits per heavy atom. The number of nitrogens with zero attached hydrogens (tertiary/aromatic N) is 2. The van der Waals surface area contributed by atoms with Crippen molar-refractivity contribution in [2.45, 2.75) is 0 Å². The van der Waals surface area contributed by atoms with Crippen LogP contribution >= 0.6 is 0 Å². The summed E-state index contributed by atoms with van der Waals surface area (Å²) in [5, 5.41) is 2.64. The first kappa shape index (κ1) is 19.5. The largest absolute Gasteiger partial charge is 0.348 e. The molecule has 2 heterocycles. The second kappa shape index (κ2) is 7.39. The molecule has 3 rings (SSSR count). The number of pyridine rings is 1. The van der Waals surface area contributed by atoms with Gasteiger partial charge in [-0.25, -0.2) is 22.2 Å². The van der Waals surface area contributed by atoms with E-state index in [4.69, 9.17) is 0 Å². The molecule has 1 aromatic carbocycles. The van der Waals surface area contributed by atoms with Gasteiger partial charge in [-0.15, -0.1) is 0 Å². The van der Waals surface area contributed by atoms with Crippen molar-refractivity contribution in [3.8, 4) is 11.4 Å². The van der Waals surface area contributed by atoms with Crippen molar-refractivity contribution in [2.75, 3.05) is 16.3 Å². The first-order chi connectivity index (χ1) is 13.1. The molecule has 0 bridgehead atoms. The van der Waals surface area contributed by atoms with Gasteiger partial charge in [-0.2, -0.15) is 0 Å². The van der Waals surface area contributed by atoms with Crippen molar-refractivity contribution < 1.29 is 22.0 Å². The lowest BCUT2D eigenvalue weighted by atomic mass is 10.2. The average Bonchev–Trinajstić information content (AvgIpc) is 2.95. The third-order valence-corrected chi connectivity index (χ3v) is 4.35. The van der Waals surface area contributed by atoms with Crippen molar-refractivity contribution in [2.24, 2.45) is 7.05 Å². The highest BCUT2D eigenvalue weighted by atomic mass is 32.2. The van der Waals surface area contributed by atoms with Crippen molar-refractivity contribution in [3.63, 3.8) is 0 Å². The summed E-state index contributed by atoms with van der Waals surface area (Å²) in [7, 11) is -1.85. The Hall–Kier alpha value is -3.27. The summed E-state index contributed by atoms with van der Waals surface area (Å²) in [5.41, 5.74) is 1.11. The second-order valence-corrected chi connectivity index (χ2v) is 7.87. The number of aryl methyl sites for hydroxylation is 1. The Morgan fingerprint density at radius 2 is 1.86 bits per heavy atom. The number of anilines is 2. The van der Waals surface area contributed by atoms with E-state index in [1.807, 2.05) is 0 Å². The summed E-state index contributed by atoms with van der Waals surface area (Å²) in [6, 6.07) is 8.32. The Kier molecular flexibility index (Phi) is 5.14. The van der Waals surface area contributed by atoms with Gasteiger partial charge in [-0.3, -0.25) is 9.52 Å². The van der Waals surface area contributed by atoms with Gasteiger partial charge in [0.05, 0.1) is 29.4 Å². The second-order valence-electron chi connectivity index (χ2n) is 6.12. The van der Waals surface area contributed by atoms with Crippen LogP contribution < -0.4 is 10.0 Å². The van der Waals surface area contributed by atoms with Gasteiger partial charge < -0.3 is 9.88 Å². The molecule has 10 heteroatoms. The lowest BCUT2D eigenvalue weighted by molar-refractivity contribution is 0.102. The highest BCUT2D eigenvalue weighted by Crippen LogP contribution is 2.24. The minimum Gasteiger partial charge on any atom is -0.348 e. The zero-order valence-corrected chi connectivity index (χ0v) is 15.7. The lowest BCUT2D eigenvalue weighted by Crippen LogP contribution is -2.12. The van der Waals surface area contributed by atoms with Crippen LogP contribution in [0.2, 0.25) is 0 Å². The minimum absolute atomic E-state index is 0.0812. The molecule has 1 amide bonds. The topological polar surface area (TPSA) is 93.1 Å². The summed E-state index contributed by atoms with van der Waals surface area (Å²) in [4.78, 5) is 16.3. The molecule has 0 atom stereocenters.